The maximum absolute atomic E-state index is 12.9. The summed E-state index contributed by atoms with van der Waals surface area (Å²) in [6.45, 7) is 2.14. The number of carbonyl (C=O) groups excluding carboxylic acids is 1. The maximum Gasteiger partial charge on any atom is 0.238 e. The van der Waals surface area contributed by atoms with Crippen LogP contribution in [0, 0.1) is 0 Å². The molecule has 2 heterocycles. The van der Waals surface area contributed by atoms with Crippen molar-refractivity contribution in [3.8, 4) is 11.5 Å². The molecule has 1 aromatic heterocycles. The van der Waals surface area contributed by atoms with Gasteiger partial charge < -0.3 is 14.8 Å². The predicted octanol–water partition coefficient (Wildman–Crippen LogP) is 3.67. The number of ether oxygens (including phenoxy) is 2. The summed E-state index contributed by atoms with van der Waals surface area (Å²) in [6, 6.07) is 16.5. The molecule has 7 nitrogen and oxygen atoms in total. The van der Waals surface area contributed by atoms with Gasteiger partial charge in [0.1, 0.15) is 28.4 Å². The number of hydrogen-bond acceptors (Lipinski definition) is 7. The van der Waals surface area contributed by atoms with Gasteiger partial charge in [0.05, 0.1) is 24.1 Å². The van der Waals surface area contributed by atoms with E-state index < -0.39 is 21.0 Å². The Bertz CT molecular complexity index is 1180. The summed E-state index contributed by atoms with van der Waals surface area (Å²) in [7, 11) is -3.73. The first-order valence-electron chi connectivity index (χ1n) is 10.3. The van der Waals surface area contributed by atoms with Crippen LogP contribution in [-0.2, 0) is 27.0 Å². The number of hydrogen-bond donors (Lipinski definition) is 1. The number of nitrogens with zero attached hydrogens (tertiary/aromatic N) is 1. The van der Waals surface area contributed by atoms with E-state index >= 15 is 0 Å². The fourth-order valence-electron chi connectivity index (χ4n) is 3.42. The van der Waals surface area contributed by atoms with Gasteiger partial charge in [-0.3, -0.25) is 4.79 Å². The molecule has 1 aliphatic rings. The Morgan fingerprint density at radius 1 is 1.22 bits per heavy atom. The zero-order valence-corrected chi connectivity index (χ0v) is 19.2. The standard InChI is InChI=1S/C23H24N2O5S2/c1-16(23(26)25-20-11-12-29-21-10-6-5-9-19(20)21)32(27,28)15-17-14-31-22(24-17)13-30-18-7-3-2-4-8-18/h2-10,14,16,20H,11-13,15H2,1H3,(H,25,26). The van der Waals surface area contributed by atoms with Gasteiger partial charge in [-0.25, -0.2) is 13.4 Å². The lowest BCUT2D eigenvalue weighted by molar-refractivity contribution is -0.121. The minimum atomic E-state index is -3.73. The third-order valence-corrected chi connectivity index (χ3v) is 8.10. The first-order chi connectivity index (χ1) is 15.4. The van der Waals surface area contributed by atoms with Crippen LogP contribution in [-0.4, -0.2) is 31.2 Å². The number of carbonyl (C=O) groups is 1. The highest BCUT2D eigenvalue weighted by atomic mass is 32.2. The van der Waals surface area contributed by atoms with Crippen molar-refractivity contribution in [2.75, 3.05) is 6.61 Å². The molecule has 9 heteroatoms. The number of para-hydroxylation sites is 2. The second kappa shape index (κ2) is 9.70. The molecule has 0 bridgehead atoms. The van der Waals surface area contributed by atoms with Gasteiger partial charge in [0.25, 0.3) is 0 Å². The van der Waals surface area contributed by atoms with Crippen LogP contribution in [0.25, 0.3) is 0 Å². The summed E-state index contributed by atoms with van der Waals surface area (Å²) < 4.78 is 37.0. The largest absolute Gasteiger partial charge is 0.493 e. The molecule has 1 N–H and O–H groups in total. The molecule has 0 radical (unpaired) electrons. The summed E-state index contributed by atoms with van der Waals surface area (Å²) in [5, 5.41) is 4.05. The third kappa shape index (κ3) is 5.28. The smallest absolute Gasteiger partial charge is 0.238 e. The number of thiazole rings is 1. The first-order valence-corrected chi connectivity index (χ1v) is 12.9. The zero-order valence-electron chi connectivity index (χ0n) is 17.6. The van der Waals surface area contributed by atoms with Gasteiger partial charge >= 0.3 is 0 Å². The summed E-state index contributed by atoms with van der Waals surface area (Å²) in [5.74, 6) is 0.618. The van der Waals surface area contributed by atoms with Gasteiger partial charge in [0, 0.05) is 17.4 Å². The lowest BCUT2D eigenvalue weighted by Crippen LogP contribution is -2.41. The quantitative estimate of drug-likeness (QED) is 0.538. The Labute approximate surface area is 191 Å². The van der Waals surface area contributed by atoms with Crippen molar-refractivity contribution in [2.45, 2.75) is 37.0 Å². The van der Waals surface area contributed by atoms with E-state index in [1.54, 1.807) is 5.38 Å². The van der Waals surface area contributed by atoms with E-state index in [0.29, 0.717) is 29.5 Å². The van der Waals surface area contributed by atoms with Crippen molar-refractivity contribution in [3.63, 3.8) is 0 Å². The topological polar surface area (TPSA) is 94.6 Å². The molecule has 3 aromatic rings. The number of rotatable bonds is 8. The van der Waals surface area contributed by atoms with Crippen molar-refractivity contribution < 1.29 is 22.7 Å². The minimum absolute atomic E-state index is 0.258. The monoisotopic (exact) mass is 472 g/mol. The fraction of sp³-hybridized carbons (Fsp3) is 0.304. The van der Waals surface area contributed by atoms with Gasteiger partial charge in [0.15, 0.2) is 9.84 Å². The Hall–Kier alpha value is -2.91. The number of sulfone groups is 1. The molecule has 32 heavy (non-hydrogen) atoms. The minimum Gasteiger partial charge on any atom is -0.493 e. The lowest BCUT2D eigenvalue weighted by atomic mass is 10.0. The van der Waals surface area contributed by atoms with E-state index in [-0.39, 0.29) is 18.4 Å². The number of amides is 1. The SMILES string of the molecule is CC(C(=O)NC1CCOc2ccccc21)S(=O)(=O)Cc1csc(COc2ccccc2)n1. The molecule has 2 atom stereocenters. The maximum atomic E-state index is 12.9. The van der Waals surface area contributed by atoms with E-state index in [1.807, 2.05) is 54.6 Å². The van der Waals surface area contributed by atoms with E-state index in [2.05, 4.69) is 10.3 Å². The van der Waals surface area contributed by atoms with Crippen LogP contribution in [0.15, 0.2) is 60.0 Å². The number of benzene rings is 2. The van der Waals surface area contributed by atoms with E-state index in [1.165, 1.54) is 18.3 Å². The highest BCUT2D eigenvalue weighted by Crippen LogP contribution is 2.31. The van der Waals surface area contributed by atoms with E-state index in [4.69, 9.17) is 9.47 Å². The Morgan fingerprint density at radius 2 is 1.97 bits per heavy atom. The lowest BCUT2D eigenvalue weighted by Gasteiger charge is -2.27. The normalized spacial score (nSPS) is 16.5. The van der Waals surface area contributed by atoms with Crippen LogP contribution in [0.3, 0.4) is 0 Å². The first kappa shape index (κ1) is 22.3. The highest BCUT2D eigenvalue weighted by molar-refractivity contribution is 7.92. The Balaban J connectivity index is 1.36. The average Bonchev–Trinajstić information content (AvgIpc) is 3.24. The second-order valence-corrected chi connectivity index (χ2v) is 10.8. The van der Waals surface area contributed by atoms with Crippen LogP contribution in [0.2, 0.25) is 0 Å². The van der Waals surface area contributed by atoms with Gasteiger partial charge in [-0.05, 0) is 25.1 Å². The fourth-order valence-corrected chi connectivity index (χ4v) is 5.43. The average molecular weight is 473 g/mol. The molecule has 2 aromatic carbocycles. The van der Waals surface area contributed by atoms with Crippen molar-refractivity contribution in [3.05, 3.63) is 76.2 Å². The van der Waals surface area contributed by atoms with Crippen LogP contribution in [0.5, 0.6) is 11.5 Å². The highest BCUT2D eigenvalue weighted by Gasteiger charge is 2.32. The molecule has 0 spiro atoms. The van der Waals surface area contributed by atoms with Crippen LogP contribution >= 0.6 is 11.3 Å². The van der Waals surface area contributed by atoms with Crippen LogP contribution in [0.4, 0.5) is 0 Å². The summed E-state index contributed by atoms with van der Waals surface area (Å²) in [4.78, 5) is 17.1. The summed E-state index contributed by atoms with van der Waals surface area (Å²) in [6.07, 6.45) is 0.590. The molecule has 0 aliphatic carbocycles. The summed E-state index contributed by atoms with van der Waals surface area (Å²) >= 11 is 1.34. The Morgan fingerprint density at radius 3 is 2.78 bits per heavy atom. The zero-order chi connectivity index (χ0) is 22.6. The van der Waals surface area contributed by atoms with Gasteiger partial charge in [-0.15, -0.1) is 11.3 Å². The molecule has 0 fully saturated rings. The molecule has 0 saturated heterocycles. The molecule has 4 rings (SSSR count). The van der Waals surface area contributed by atoms with Crippen LogP contribution in [0.1, 0.15) is 35.7 Å². The predicted molar refractivity (Wildman–Crippen MR) is 122 cm³/mol. The second-order valence-electron chi connectivity index (χ2n) is 7.52. The number of fused-ring (bicyclic) bond motifs is 1. The molecule has 1 amide bonds. The van der Waals surface area contributed by atoms with Gasteiger partial charge in [0.2, 0.25) is 5.91 Å². The van der Waals surface area contributed by atoms with Crippen LogP contribution < -0.4 is 14.8 Å². The molecule has 0 saturated carbocycles. The third-order valence-electron chi connectivity index (χ3n) is 5.24. The van der Waals surface area contributed by atoms with Crippen molar-refractivity contribution in [2.24, 2.45) is 0 Å². The summed E-state index contributed by atoms with van der Waals surface area (Å²) in [5.41, 5.74) is 1.27. The van der Waals surface area contributed by atoms with Gasteiger partial charge in [-0.1, -0.05) is 36.4 Å². The molecule has 1 aliphatic heterocycles. The number of nitrogens with one attached hydrogen (secondary N) is 1. The molecular formula is C23H24N2O5S2. The van der Waals surface area contributed by atoms with Crippen molar-refractivity contribution in [1.82, 2.24) is 10.3 Å². The molecular weight excluding hydrogens is 448 g/mol. The Kier molecular flexibility index (Phi) is 6.76. The molecule has 2 unspecified atom stereocenters. The van der Waals surface area contributed by atoms with E-state index in [0.717, 1.165) is 11.3 Å². The molecule has 168 valence electrons. The van der Waals surface area contributed by atoms with Gasteiger partial charge in [-0.2, -0.15) is 0 Å². The van der Waals surface area contributed by atoms with E-state index in [9.17, 15) is 13.2 Å². The van der Waals surface area contributed by atoms with Crippen molar-refractivity contribution in [1.29, 1.82) is 0 Å². The van der Waals surface area contributed by atoms with Crippen molar-refractivity contribution >= 4 is 27.1 Å². The number of aromatic nitrogens is 1.